The molecular weight excluding hydrogens is 186 g/mol. The van der Waals surface area contributed by atoms with Crippen molar-refractivity contribution in [3.05, 3.63) is 28.7 Å². The fourth-order valence-corrected chi connectivity index (χ4v) is 1.54. The molecule has 0 radical (unpaired) electrons. The van der Waals surface area contributed by atoms with E-state index in [-0.39, 0.29) is 0 Å². The lowest BCUT2D eigenvalue weighted by Gasteiger charge is -2.00. The third kappa shape index (κ3) is 2.01. The lowest BCUT2D eigenvalue weighted by Crippen LogP contribution is -1.98. The van der Waals surface area contributed by atoms with Gasteiger partial charge >= 0.3 is 0 Å². The standard InChI is InChI=1S/C10H13N3.C2H6/c1-6-5-7(2)12-13-9(4)8(3)11-10(6)13;1-2/h5H,1-4H3;1-2H3. The number of aryl methyl sites for hydroxylation is 4. The van der Waals surface area contributed by atoms with Gasteiger partial charge in [-0.15, -0.1) is 0 Å². The highest BCUT2D eigenvalue weighted by Gasteiger charge is 2.07. The first-order valence-electron chi connectivity index (χ1n) is 5.40. The van der Waals surface area contributed by atoms with Crippen molar-refractivity contribution in [3.8, 4) is 0 Å². The van der Waals surface area contributed by atoms with Crippen molar-refractivity contribution < 1.29 is 0 Å². The molecule has 0 aromatic carbocycles. The Morgan fingerprint density at radius 2 is 1.67 bits per heavy atom. The summed E-state index contributed by atoms with van der Waals surface area (Å²) < 4.78 is 1.92. The van der Waals surface area contributed by atoms with Crippen molar-refractivity contribution in [1.29, 1.82) is 0 Å². The van der Waals surface area contributed by atoms with Crippen LogP contribution in [0.4, 0.5) is 0 Å². The van der Waals surface area contributed by atoms with Gasteiger partial charge in [0.15, 0.2) is 5.65 Å². The lowest BCUT2D eigenvalue weighted by molar-refractivity contribution is 0.861. The van der Waals surface area contributed by atoms with Crippen LogP contribution in [0.1, 0.15) is 36.5 Å². The summed E-state index contributed by atoms with van der Waals surface area (Å²) in [5, 5.41) is 4.41. The number of rotatable bonds is 0. The maximum atomic E-state index is 4.45. The minimum absolute atomic E-state index is 0.973. The molecular formula is C12H19N3. The van der Waals surface area contributed by atoms with E-state index in [1.165, 1.54) is 5.56 Å². The summed E-state index contributed by atoms with van der Waals surface area (Å²) in [6, 6.07) is 2.06. The van der Waals surface area contributed by atoms with Crippen LogP contribution in [0, 0.1) is 27.7 Å². The summed E-state index contributed by atoms with van der Waals surface area (Å²) >= 11 is 0. The summed E-state index contributed by atoms with van der Waals surface area (Å²) in [4.78, 5) is 4.45. The number of hydrogen-bond acceptors (Lipinski definition) is 2. The molecule has 0 saturated carbocycles. The first-order valence-corrected chi connectivity index (χ1v) is 5.40. The average molecular weight is 205 g/mol. The van der Waals surface area contributed by atoms with Gasteiger partial charge in [-0.25, -0.2) is 9.50 Å². The van der Waals surface area contributed by atoms with Gasteiger partial charge < -0.3 is 0 Å². The summed E-state index contributed by atoms with van der Waals surface area (Å²) in [5.74, 6) is 0. The van der Waals surface area contributed by atoms with Crippen LogP contribution in [0.5, 0.6) is 0 Å². The van der Waals surface area contributed by atoms with Gasteiger partial charge in [-0.05, 0) is 39.3 Å². The van der Waals surface area contributed by atoms with E-state index in [9.17, 15) is 0 Å². The number of fused-ring (bicyclic) bond motifs is 1. The number of nitrogens with zero attached hydrogens (tertiary/aromatic N) is 3. The van der Waals surface area contributed by atoms with Gasteiger partial charge in [-0.1, -0.05) is 13.8 Å². The monoisotopic (exact) mass is 205 g/mol. The minimum atomic E-state index is 0.973. The summed E-state index contributed by atoms with van der Waals surface area (Å²) in [6.45, 7) is 12.1. The van der Waals surface area contributed by atoms with E-state index in [4.69, 9.17) is 0 Å². The van der Waals surface area contributed by atoms with Gasteiger partial charge in [0, 0.05) is 0 Å². The van der Waals surface area contributed by atoms with E-state index in [2.05, 4.69) is 23.1 Å². The molecule has 0 unspecified atom stereocenters. The Bertz CT molecular complexity index is 469. The van der Waals surface area contributed by atoms with Crippen LogP contribution in [0.25, 0.3) is 5.65 Å². The molecule has 3 nitrogen and oxygen atoms in total. The first kappa shape index (κ1) is 11.7. The van der Waals surface area contributed by atoms with Crippen LogP contribution in [0.15, 0.2) is 6.07 Å². The SMILES string of the molecule is CC.Cc1cc(C)c2nc(C)c(C)n2n1. The minimum Gasteiger partial charge on any atom is -0.232 e. The second-order valence-corrected chi connectivity index (χ2v) is 3.49. The third-order valence-electron chi connectivity index (χ3n) is 2.35. The molecule has 0 saturated heterocycles. The predicted molar refractivity (Wildman–Crippen MR) is 63.3 cm³/mol. The molecule has 0 spiro atoms. The number of imidazole rings is 1. The lowest BCUT2D eigenvalue weighted by atomic mass is 10.3. The Hall–Kier alpha value is -1.38. The Morgan fingerprint density at radius 1 is 1.07 bits per heavy atom. The Morgan fingerprint density at radius 3 is 2.27 bits per heavy atom. The summed E-state index contributed by atoms with van der Waals surface area (Å²) in [6.07, 6.45) is 0. The zero-order valence-electron chi connectivity index (χ0n) is 10.4. The van der Waals surface area contributed by atoms with Gasteiger partial charge in [0.2, 0.25) is 0 Å². The van der Waals surface area contributed by atoms with Gasteiger partial charge in [-0.2, -0.15) is 5.10 Å². The highest BCUT2D eigenvalue weighted by atomic mass is 15.3. The van der Waals surface area contributed by atoms with Crippen LogP contribution in [0.2, 0.25) is 0 Å². The third-order valence-corrected chi connectivity index (χ3v) is 2.35. The molecule has 0 amide bonds. The predicted octanol–water partition coefficient (Wildman–Crippen LogP) is 2.99. The molecule has 2 aromatic heterocycles. The largest absolute Gasteiger partial charge is 0.232 e. The molecule has 3 heteroatoms. The summed E-state index contributed by atoms with van der Waals surface area (Å²) in [5.41, 5.74) is 5.37. The molecule has 0 atom stereocenters. The van der Waals surface area contributed by atoms with Crippen molar-refractivity contribution in [2.45, 2.75) is 41.5 Å². The quantitative estimate of drug-likeness (QED) is 0.662. The molecule has 0 aliphatic rings. The summed E-state index contributed by atoms with van der Waals surface area (Å²) in [7, 11) is 0. The molecule has 15 heavy (non-hydrogen) atoms. The van der Waals surface area contributed by atoms with Crippen LogP contribution in [0.3, 0.4) is 0 Å². The molecule has 2 heterocycles. The topological polar surface area (TPSA) is 30.2 Å². The second kappa shape index (κ2) is 4.43. The van der Waals surface area contributed by atoms with Crippen molar-refractivity contribution in [1.82, 2.24) is 14.6 Å². The van der Waals surface area contributed by atoms with Gasteiger partial charge in [0.25, 0.3) is 0 Å². The molecule has 82 valence electrons. The van der Waals surface area contributed by atoms with Crippen LogP contribution >= 0.6 is 0 Å². The number of aromatic nitrogens is 3. The Labute approximate surface area is 91.2 Å². The fourth-order valence-electron chi connectivity index (χ4n) is 1.54. The molecule has 2 aromatic rings. The van der Waals surface area contributed by atoms with Gasteiger partial charge in [0.1, 0.15) is 0 Å². The Balaban J connectivity index is 0.000000531. The van der Waals surface area contributed by atoms with Crippen molar-refractivity contribution >= 4 is 5.65 Å². The highest BCUT2D eigenvalue weighted by Crippen LogP contribution is 2.13. The first-order chi connectivity index (χ1) is 7.09. The zero-order chi connectivity index (χ0) is 11.6. The van der Waals surface area contributed by atoms with Gasteiger partial charge in [-0.3, -0.25) is 0 Å². The van der Waals surface area contributed by atoms with Crippen molar-refractivity contribution in [2.24, 2.45) is 0 Å². The number of hydrogen-bond donors (Lipinski definition) is 0. The maximum absolute atomic E-state index is 4.45. The molecule has 0 aliphatic heterocycles. The van der Waals surface area contributed by atoms with Crippen LogP contribution < -0.4 is 0 Å². The van der Waals surface area contributed by atoms with Crippen LogP contribution in [-0.4, -0.2) is 14.6 Å². The van der Waals surface area contributed by atoms with Crippen LogP contribution in [-0.2, 0) is 0 Å². The second-order valence-electron chi connectivity index (χ2n) is 3.49. The molecule has 2 rings (SSSR count). The van der Waals surface area contributed by atoms with E-state index in [0.717, 1.165) is 22.7 Å². The van der Waals surface area contributed by atoms with E-state index in [1.54, 1.807) is 0 Å². The zero-order valence-corrected chi connectivity index (χ0v) is 10.4. The normalized spacial score (nSPS) is 10.0. The smallest absolute Gasteiger partial charge is 0.156 e. The Kier molecular flexibility index (Phi) is 3.45. The molecule has 0 fully saturated rings. The van der Waals surface area contributed by atoms with E-state index >= 15 is 0 Å². The van der Waals surface area contributed by atoms with Gasteiger partial charge in [0.05, 0.1) is 17.1 Å². The molecule has 0 aliphatic carbocycles. The highest BCUT2D eigenvalue weighted by molar-refractivity contribution is 5.49. The van der Waals surface area contributed by atoms with E-state index < -0.39 is 0 Å². The fraction of sp³-hybridized carbons (Fsp3) is 0.500. The van der Waals surface area contributed by atoms with Crippen molar-refractivity contribution in [3.63, 3.8) is 0 Å². The maximum Gasteiger partial charge on any atom is 0.156 e. The molecule has 0 bridgehead atoms. The molecule has 0 N–H and O–H groups in total. The van der Waals surface area contributed by atoms with E-state index in [1.807, 2.05) is 39.1 Å². The average Bonchev–Trinajstić information content (AvgIpc) is 2.49. The van der Waals surface area contributed by atoms with Crippen molar-refractivity contribution in [2.75, 3.05) is 0 Å². The van der Waals surface area contributed by atoms with E-state index in [0.29, 0.717) is 0 Å².